The number of carbonyl (C=O) groups excluding carboxylic acids is 1. The average Bonchev–Trinajstić information content (AvgIpc) is 3.33. The first-order valence-corrected chi connectivity index (χ1v) is 12.8. The Hall–Kier alpha value is -2.81. The van der Waals surface area contributed by atoms with E-state index >= 15 is 0 Å². The number of aryl methyl sites for hydroxylation is 1. The number of Topliss-reactive ketones (excluding diaryl/α,β-unsaturated/α-hetero) is 1. The molecule has 6 nitrogen and oxygen atoms in total. The summed E-state index contributed by atoms with van der Waals surface area (Å²) < 4.78 is 46.3. The number of hydrogen-bond donors (Lipinski definition) is 0. The molecule has 0 radical (unpaired) electrons. The molecule has 0 spiro atoms. The van der Waals surface area contributed by atoms with E-state index in [2.05, 4.69) is 4.98 Å². The Kier molecular flexibility index (Phi) is 7.60. The van der Waals surface area contributed by atoms with Gasteiger partial charge in [0.2, 0.25) is 10.0 Å². The molecule has 1 atom stereocenters. The molecule has 2 heterocycles. The molecule has 34 heavy (non-hydrogen) atoms. The number of ketones is 1. The van der Waals surface area contributed by atoms with Crippen molar-refractivity contribution in [3.8, 4) is 5.75 Å². The number of sulfonamides is 1. The number of rotatable bonds is 9. The highest BCUT2D eigenvalue weighted by Crippen LogP contribution is 2.28. The quantitative estimate of drug-likeness (QED) is 0.420. The van der Waals surface area contributed by atoms with Gasteiger partial charge in [0, 0.05) is 30.9 Å². The summed E-state index contributed by atoms with van der Waals surface area (Å²) in [6, 6.07) is 13.2. The standard InChI is InChI=1S/C25H24ClFN2O4S/c26-20-13-19(15-28-16-20)17-33-22-4-1-3-18(14-22)6-11-25(30)24-5-2-12-29(24)34(31,32)23-9-7-21(27)8-10-23/h1,3-4,7-10,13-16,24H,2,5-6,11-12,17H2/t24-/m0/s1. The molecular weight excluding hydrogens is 479 g/mol. The lowest BCUT2D eigenvalue weighted by Gasteiger charge is -2.23. The van der Waals surface area contributed by atoms with Gasteiger partial charge in [0.15, 0.2) is 5.78 Å². The van der Waals surface area contributed by atoms with E-state index in [1.165, 1.54) is 16.4 Å². The number of aromatic nitrogens is 1. The second-order valence-corrected chi connectivity index (χ2v) is 10.5. The van der Waals surface area contributed by atoms with Crippen molar-refractivity contribution in [3.05, 3.63) is 89.0 Å². The highest BCUT2D eigenvalue weighted by molar-refractivity contribution is 7.89. The average molecular weight is 503 g/mol. The van der Waals surface area contributed by atoms with Gasteiger partial charge in [0.25, 0.3) is 0 Å². The number of hydrogen-bond acceptors (Lipinski definition) is 5. The van der Waals surface area contributed by atoms with E-state index in [-0.39, 0.29) is 23.6 Å². The summed E-state index contributed by atoms with van der Waals surface area (Å²) in [5.41, 5.74) is 1.76. The smallest absolute Gasteiger partial charge is 0.243 e. The van der Waals surface area contributed by atoms with Gasteiger partial charge in [-0.25, -0.2) is 12.8 Å². The van der Waals surface area contributed by atoms with E-state index in [0.717, 1.165) is 23.3 Å². The van der Waals surface area contributed by atoms with Crippen molar-refractivity contribution in [2.75, 3.05) is 6.54 Å². The zero-order chi connectivity index (χ0) is 24.1. The fourth-order valence-corrected chi connectivity index (χ4v) is 5.89. The van der Waals surface area contributed by atoms with Crippen LogP contribution in [0.5, 0.6) is 5.75 Å². The fraction of sp³-hybridized carbons (Fsp3) is 0.280. The van der Waals surface area contributed by atoms with Gasteiger partial charge in [0.05, 0.1) is 16.0 Å². The molecule has 0 amide bonds. The number of carbonyl (C=O) groups is 1. The first-order valence-electron chi connectivity index (χ1n) is 10.9. The number of benzene rings is 2. The van der Waals surface area contributed by atoms with Crippen molar-refractivity contribution in [2.24, 2.45) is 0 Å². The normalized spacial score (nSPS) is 16.5. The Bertz CT molecular complexity index is 1270. The molecule has 1 aromatic heterocycles. The van der Waals surface area contributed by atoms with Crippen LogP contribution < -0.4 is 4.74 Å². The highest BCUT2D eigenvalue weighted by atomic mass is 35.5. The van der Waals surface area contributed by atoms with Crippen LogP contribution in [0.15, 0.2) is 71.9 Å². The van der Waals surface area contributed by atoms with Gasteiger partial charge in [-0.1, -0.05) is 23.7 Å². The maximum Gasteiger partial charge on any atom is 0.243 e. The Morgan fingerprint density at radius 3 is 2.68 bits per heavy atom. The topological polar surface area (TPSA) is 76.6 Å². The van der Waals surface area contributed by atoms with Crippen molar-refractivity contribution >= 4 is 27.4 Å². The van der Waals surface area contributed by atoms with Gasteiger partial charge >= 0.3 is 0 Å². The number of pyridine rings is 1. The van der Waals surface area contributed by atoms with Crippen LogP contribution in [0.25, 0.3) is 0 Å². The molecular formula is C25H24ClFN2O4S. The number of nitrogens with zero attached hydrogens (tertiary/aromatic N) is 2. The van der Waals surface area contributed by atoms with Gasteiger partial charge < -0.3 is 4.74 Å². The lowest BCUT2D eigenvalue weighted by Crippen LogP contribution is -2.40. The molecule has 1 fully saturated rings. The van der Waals surface area contributed by atoms with Crippen LogP contribution in [0, 0.1) is 5.82 Å². The van der Waals surface area contributed by atoms with E-state index in [1.54, 1.807) is 18.5 Å². The maximum absolute atomic E-state index is 13.2. The molecule has 4 rings (SSSR count). The maximum atomic E-state index is 13.2. The van der Waals surface area contributed by atoms with Crippen molar-refractivity contribution in [1.29, 1.82) is 0 Å². The van der Waals surface area contributed by atoms with E-state index in [9.17, 15) is 17.6 Å². The van der Waals surface area contributed by atoms with Crippen LogP contribution in [-0.4, -0.2) is 36.1 Å². The zero-order valence-electron chi connectivity index (χ0n) is 18.4. The highest BCUT2D eigenvalue weighted by Gasteiger charge is 2.38. The molecule has 0 N–H and O–H groups in total. The summed E-state index contributed by atoms with van der Waals surface area (Å²) in [7, 11) is -3.86. The lowest BCUT2D eigenvalue weighted by molar-refractivity contribution is -0.122. The van der Waals surface area contributed by atoms with Gasteiger partial charge in [0.1, 0.15) is 18.2 Å². The van der Waals surface area contributed by atoms with Crippen molar-refractivity contribution in [1.82, 2.24) is 9.29 Å². The van der Waals surface area contributed by atoms with Gasteiger partial charge in [-0.3, -0.25) is 9.78 Å². The first-order chi connectivity index (χ1) is 16.3. The first kappa shape index (κ1) is 24.3. The number of halogens is 2. The van der Waals surface area contributed by atoms with Crippen LogP contribution in [0.3, 0.4) is 0 Å². The SMILES string of the molecule is O=C(CCc1cccc(OCc2cncc(Cl)c2)c1)[C@@H]1CCCN1S(=O)(=O)c1ccc(F)cc1. The molecule has 0 aliphatic carbocycles. The molecule has 178 valence electrons. The Morgan fingerprint density at radius 1 is 1.12 bits per heavy atom. The molecule has 1 aliphatic heterocycles. The van der Waals surface area contributed by atoms with Crippen LogP contribution in [0.1, 0.15) is 30.4 Å². The molecule has 0 bridgehead atoms. The summed E-state index contributed by atoms with van der Waals surface area (Å²) in [6.45, 7) is 0.589. The Labute approximate surface area is 203 Å². The van der Waals surface area contributed by atoms with Crippen LogP contribution in [0.4, 0.5) is 4.39 Å². The molecule has 2 aromatic carbocycles. The van der Waals surface area contributed by atoms with E-state index in [1.807, 2.05) is 24.3 Å². The molecule has 9 heteroatoms. The molecule has 0 unspecified atom stereocenters. The second-order valence-electron chi connectivity index (χ2n) is 8.14. The zero-order valence-corrected chi connectivity index (χ0v) is 19.9. The molecule has 1 saturated heterocycles. The summed E-state index contributed by atoms with van der Waals surface area (Å²) in [5.74, 6) is 0.0225. The summed E-state index contributed by atoms with van der Waals surface area (Å²) in [4.78, 5) is 17.0. The van der Waals surface area contributed by atoms with Gasteiger partial charge in [-0.05, 0) is 67.3 Å². The van der Waals surface area contributed by atoms with Crippen LogP contribution >= 0.6 is 11.6 Å². The van der Waals surface area contributed by atoms with E-state index in [0.29, 0.717) is 36.6 Å². The summed E-state index contributed by atoms with van der Waals surface area (Å²) >= 11 is 5.95. The minimum atomic E-state index is -3.86. The van der Waals surface area contributed by atoms with Gasteiger partial charge in [-0.2, -0.15) is 4.31 Å². The third kappa shape index (κ3) is 5.81. The predicted molar refractivity (Wildman–Crippen MR) is 127 cm³/mol. The third-order valence-corrected chi connectivity index (χ3v) is 7.85. The molecule has 1 aliphatic rings. The lowest BCUT2D eigenvalue weighted by atomic mass is 10.0. The number of ether oxygens (including phenoxy) is 1. The van der Waals surface area contributed by atoms with Crippen LogP contribution in [-0.2, 0) is 27.8 Å². The second kappa shape index (κ2) is 10.6. The van der Waals surface area contributed by atoms with Gasteiger partial charge in [-0.15, -0.1) is 0 Å². The monoisotopic (exact) mass is 502 g/mol. The van der Waals surface area contributed by atoms with Crippen molar-refractivity contribution in [2.45, 2.75) is 43.2 Å². The minimum Gasteiger partial charge on any atom is -0.489 e. The summed E-state index contributed by atoms with van der Waals surface area (Å²) in [6.07, 6.45) is 5.01. The van der Waals surface area contributed by atoms with E-state index in [4.69, 9.17) is 16.3 Å². The van der Waals surface area contributed by atoms with Crippen LogP contribution in [0.2, 0.25) is 5.02 Å². The summed E-state index contributed by atoms with van der Waals surface area (Å²) in [5, 5.41) is 0.538. The Morgan fingerprint density at radius 2 is 1.91 bits per heavy atom. The van der Waals surface area contributed by atoms with Crippen molar-refractivity contribution < 1.29 is 22.3 Å². The van der Waals surface area contributed by atoms with Crippen molar-refractivity contribution in [3.63, 3.8) is 0 Å². The fourth-order valence-electron chi connectivity index (χ4n) is 4.02. The largest absolute Gasteiger partial charge is 0.489 e. The minimum absolute atomic E-state index is 0.00615. The van der Waals surface area contributed by atoms with E-state index < -0.39 is 21.9 Å². The molecule has 0 saturated carbocycles. The molecule has 3 aromatic rings. The predicted octanol–water partition coefficient (Wildman–Crippen LogP) is 4.81. The third-order valence-electron chi connectivity index (χ3n) is 5.72. The Balaban J connectivity index is 1.37.